The van der Waals surface area contributed by atoms with Crippen LogP contribution < -0.4 is 11.1 Å². The molecular formula is C30H40N4O4. The Morgan fingerprint density at radius 3 is 2.39 bits per heavy atom. The molecule has 2 aromatic carbocycles. The Bertz CT molecular complexity index is 1130. The molecule has 2 aliphatic rings. The number of rotatable bonds is 8. The third-order valence-corrected chi connectivity index (χ3v) is 7.90. The summed E-state index contributed by atoms with van der Waals surface area (Å²) in [5.41, 5.74) is 6.27. The molecule has 2 fully saturated rings. The van der Waals surface area contributed by atoms with Crippen molar-refractivity contribution in [1.82, 2.24) is 15.1 Å². The van der Waals surface area contributed by atoms with E-state index >= 15 is 0 Å². The SMILES string of the molecule is C[C@@H](OCc1ccccc1)[C@@H](NC(=O)C(C)(C)N)C(=O)N1CCCC2(C1)C(=O)N(C)CC2c1ccccc1. The van der Waals surface area contributed by atoms with Crippen LogP contribution in [-0.4, -0.2) is 71.9 Å². The van der Waals surface area contributed by atoms with Crippen molar-refractivity contribution in [2.75, 3.05) is 26.7 Å². The van der Waals surface area contributed by atoms with Gasteiger partial charge < -0.3 is 25.6 Å². The molecule has 2 heterocycles. The van der Waals surface area contributed by atoms with Gasteiger partial charge in [-0.1, -0.05) is 60.7 Å². The van der Waals surface area contributed by atoms with Crippen LogP contribution in [0.2, 0.25) is 0 Å². The molecule has 2 aliphatic heterocycles. The van der Waals surface area contributed by atoms with Crippen molar-refractivity contribution in [2.24, 2.45) is 11.1 Å². The number of nitrogens with two attached hydrogens (primary N) is 1. The smallest absolute Gasteiger partial charge is 0.247 e. The second-order valence-electron chi connectivity index (χ2n) is 11.3. The van der Waals surface area contributed by atoms with Gasteiger partial charge in [-0.05, 0) is 44.7 Å². The van der Waals surface area contributed by atoms with Crippen molar-refractivity contribution in [3.63, 3.8) is 0 Å². The number of nitrogens with zero attached hydrogens (tertiary/aromatic N) is 2. The van der Waals surface area contributed by atoms with Crippen LogP contribution >= 0.6 is 0 Å². The maximum atomic E-state index is 14.1. The molecule has 4 rings (SSSR count). The largest absolute Gasteiger partial charge is 0.371 e. The number of likely N-dealkylation sites (N-methyl/N-ethyl adjacent to an activating group) is 1. The molecule has 2 saturated heterocycles. The first-order chi connectivity index (χ1) is 18.0. The Morgan fingerprint density at radius 2 is 1.76 bits per heavy atom. The molecule has 0 saturated carbocycles. The molecule has 2 aromatic rings. The monoisotopic (exact) mass is 520 g/mol. The number of hydrogen-bond acceptors (Lipinski definition) is 5. The summed E-state index contributed by atoms with van der Waals surface area (Å²) in [5, 5.41) is 2.86. The van der Waals surface area contributed by atoms with E-state index in [1.54, 1.807) is 30.6 Å². The summed E-state index contributed by atoms with van der Waals surface area (Å²) in [7, 11) is 1.83. The summed E-state index contributed by atoms with van der Waals surface area (Å²) in [4.78, 5) is 44.1. The Labute approximate surface area is 225 Å². The lowest BCUT2D eigenvalue weighted by Gasteiger charge is -2.43. The standard InChI is InChI=1S/C30H40N4O4/c1-21(38-19-22-12-7-5-8-13-22)25(32-27(36)29(2,3)31)26(35)34-17-11-16-30(20-34)24(18-33(4)28(30)37)23-14-9-6-10-15-23/h5-10,12-15,21,24-25H,11,16-20,31H2,1-4H3,(H,32,36)/t21-,24?,25-,30?/m1/s1. The first-order valence-corrected chi connectivity index (χ1v) is 13.4. The molecule has 8 heteroatoms. The zero-order chi connectivity index (χ0) is 27.5. The molecule has 204 valence electrons. The van der Waals surface area contributed by atoms with Crippen LogP contribution in [0.4, 0.5) is 0 Å². The average Bonchev–Trinajstić information content (AvgIpc) is 3.15. The van der Waals surface area contributed by atoms with Gasteiger partial charge in [0.25, 0.3) is 0 Å². The van der Waals surface area contributed by atoms with Gasteiger partial charge in [-0.15, -0.1) is 0 Å². The van der Waals surface area contributed by atoms with E-state index < -0.39 is 29.0 Å². The van der Waals surface area contributed by atoms with Gasteiger partial charge in [-0.3, -0.25) is 14.4 Å². The van der Waals surface area contributed by atoms with Crippen LogP contribution in [0.5, 0.6) is 0 Å². The zero-order valence-corrected chi connectivity index (χ0v) is 22.9. The quantitative estimate of drug-likeness (QED) is 0.557. The molecule has 0 aromatic heterocycles. The third kappa shape index (κ3) is 5.76. The van der Waals surface area contributed by atoms with Gasteiger partial charge in [0.05, 0.1) is 23.7 Å². The molecular weight excluding hydrogens is 480 g/mol. The first-order valence-electron chi connectivity index (χ1n) is 13.4. The number of carbonyl (C=O) groups excluding carboxylic acids is 3. The van der Waals surface area contributed by atoms with Crippen molar-refractivity contribution in [2.45, 2.75) is 63.8 Å². The van der Waals surface area contributed by atoms with Crippen LogP contribution in [0, 0.1) is 5.41 Å². The Morgan fingerprint density at radius 1 is 1.13 bits per heavy atom. The molecule has 1 spiro atoms. The lowest BCUT2D eigenvalue weighted by Crippen LogP contribution is -2.62. The van der Waals surface area contributed by atoms with E-state index in [0.29, 0.717) is 39.1 Å². The van der Waals surface area contributed by atoms with Gasteiger partial charge in [0.2, 0.25) is 17.7 Å². The molecule has 4 atom stereocenters. The summed E-state index contributed by atoms with van der Waals surface area (Å²) >= 11 is 0. The average molecular weight is 521 g/mol. The van der Waals surface area contributed by atoms with Crippen LogP contribution in [-0.2, 0) is 25.7 Å². The summed E-state index contributed by atoms with van der Waals surface area (Å²) in [6.07, 6.45) is 0.808. The Kier molecular flexibility index (Phi) is 8.23. The van der Waals surface area contributed by atoms with Gasteiger partial charge >= 0.3 is 0 Å². The van der Waals surface area contributed by atoms with E-state index in [1.807, 2.05) is 55.6 Å². The fraction of sp³-hybridized carbons (Fsp3) is 0.500. The fourth-order valence-corrected chi connectivity index (χ4v) is 5.70. The minimum absolute atomic E-state index is 0.0143. The number of carbonyl (C=O) groups is 3. The fourth-order valence-electron chi connectivity index (χ4n) is 5.70. The van der Waals surface area contributed by atoms with Crippen LogP contribution in [0.3, 0.4) is 0 Å². The van der Waals surface area contributed by atoms with E-state index in [4.69, 9.17) is 10.5 Å². The highest BCUT2D eigenvalue weighted by atomic mass is 16.5. The molecule has 3 amide bonds. The van der Waals surface area contributed by atoms with E-state index in [2.05, 4.69) is 17.4 Å². The third-order valence-electron chi connectivity index (χ3n) is 7.90. The lowest BCUT2D eigenvalue weighted by atomic mass is 9.69. The second kappa shape index (κ2) is 11.3. The lowest BCUT2D eigenvalue weighted by molar-refractivity contribution is -0.148. The highest BCUT2D eigenvalue weighted by Crippen LogP contribution is 2.49. The van der Waals surface area contributed by atoms with Gasteiger partial charge in [0.1, 0.15) is 6.04 Å². The van der Waals surface area contributed by atoms with Gasteiger partial charge in [0, 0.05) is 32.6 Å². The summed E-state index contributed by atoms with van der Waals surface area (Å²) < 4.78 is 6.08. The number of amides is 3. The number of piperidine rings is 1. The number of ether oxygens (including phenoxy) is 1. The van der Waals surface area contributed by atoms with Gasteiger partial charge in [-0.2, -0.15) is 0 Å². The van der Waals surface area contributed by atoms with Gasteiger partial charge in [-0.25, -0.2) is 0 Å². The summed E-state index contributed by atoms with van der Waals surface area (Å²) in [6.45, 7) is 6.73. The molecule has 2 unspecified atom stereocenters. The van der Waals surface area contributed by atoms with Crippen LogP contribution in [0.1, 0.15) is 50.7 Å². The number of likely N-dealkylation sites (tertiary alicyclic amines) is 2. The highest BCUT2D eigenvalue weighted by Gasteiger charge is 2.56. The topological polar surface area (TPSA) is 105 Å². The zero-order valence-electron chi connectivity index (χ0n) is 22.9. The Hall–Kier alpha value is -3.23. The minimum Gasteiger partial charge on any atom is -0.371 e. The highest BCUT2D eigenvalue weighted by molar-refractivity contribution is 5.93. The predicted octanol–water partition coefficient (Wildman–Crippen LogP) is 2.68. The van der Waals surface area contributed by atoms with Crippen molar-refractivity contribution in [3.8, 4) is 0 Å². The van der Waals surface area contributed by atoms with Gasteiger partial charge in [0.15, 0.2) is 0 Å². The van der Waals surface area contributed by atoms with Crippen molar-refractivity contribution in [1.29, 1.82) is 0 Å². The van der Waals surface area contributed by atoms with Crippen LogP contribution in [0.15, 0.2) is 60.7 Å². The first kappa shape index (κ1) is 27.8. The molecule has 0 radical (unpaired) electrons. The molecule has 8 nitrogen and oxygen atoms in total. The van der Waals surface area contributed by atoms with Crippen molar-refractivity contribution in [3.05, 3.63) is 71.8 Å². The minimum atomic E-state index is -1.16. The molecule has 0 aliphatic carbocycles. The van der Waals surface area contributed by atoms with E-state index in [1.165, 1.54) is 0 Å². The summed E-state index contributed by atoms with van der Waals surface area (Å²) in [5.74, 6) is -0.631. The van der Waals surface area contributed by atoms with E-state index in [-0.39, 0.29) is 17.7 Å². The van der Waals surface area contributed by atoms with E-state index in [9.17, 15) is 14.4 Å². The predicted molar refractivity (Wildman–Crippen MR) is 146 cm³/mol. The molecule has 3 N–H and O–H groups in total. The molecule has 0 bridgehead atoms. The number of hydrogen-bond donors (Lipinski definition) is 2. The number of nitrogens with one attached hydrogen (secondary N) is 1. The Balaban J connectivity index is 1.58. The molecule has 38 heavy (non-hydrogen) atoms. The maximum absolute atomic E-state index is 14.1. The number of benzene rings is 2. The maximum Gasteiger partial charge on any atom is 0.247 e. The van der Waals surface area contributed by atoms with Crippen molar-refractivity contribution < 1.29 is 19.1 Å². The normalized spacial score (nSPS) is 23.4. The van der Waals surface area contributed by atoms with E-state index in [0.717, 1.165) is 11.1 Å². The van der Waals surface area contributed by atoms with Crippen molar-refractivity contribution >= 4 is 17.7 Å². The summed E-state index contributed by atoms with van der Waals surface area (Å²) in [6, 6.07) is 18.8. The second-order valence-corrected chi connectivity index (χ2v) is 11.3. The van der Waals surface area contributed by atoms with Crippen LogP contribution in [0.25, 0.3) is 0 Å².